The summed E-state index contributed by atoms with van der Waals surface area (Å²) >= 11 is 0. The number of fused-ring (bicyclic) bond motifs is 1. The summed E-state index contributed by atoms with van der Waals surface area (Å²) in [5, 5.41) is 2.77. The van der Waals surface area contributed by atoms with Crippen LogP contribution in [-0.2, 0) is 4.79 Å². The van der Waals surface area contributed by atoms with E-state index < -0.39 is 0 Å². The molecule has 7 heteroatoms. The highest BCUT2D eigenvalue weighted by Crippen LogP contribution is 2.29. The third-order valence-corrected chi connectivity index (χ3v) is 4.65. The zero-order chi connectivity index (χ0) is 22.3. The van der Waals surface area contributed by atoms with Gasteiger partial charge in [0.2, 0.25) is 5.89 Å². The lowest BCUT2D eigenvalue weighted by Crippen LogP contribution is -2.20. The Kier molecular flexibility index (Phi) is 6.36. The van der Waals surface area contributed by atoms with Crippen molar-refractivity contribution in [2.24, 2.45) is 0 Å². The average molecular weight is 430 g/mol. The predicted octanol–water partition coefficient (Wildman–Crippen LogP) is 5.03. The minimum Gasteiger partial charge on any atom is -0.497 e. The van der Waals surface area contributed by atoms with Crippen LogP contribution in [0.1, 0.15) is 11.5 Å². The molecule has 3 aromatic carbocycles. The molecule has 32 heavy (non-hydrogen) atoms. The molecule has 0 saturated heterocycles. The summed E-state index contributed by atoms with van der Waals surface area (Å²) in [7, 11) is 3.14. The minimum absolute atomic E-state index is 0.152. The number of ether oxygens (including phenoxy) is 3. The molecule has 7 nitrogen and oxygen atoms in total. The van der Waals surface area contributed by atoms with Crippen molar-refractivity contribution in [3.8, 4) is 17.2 Å². The van der Waals surface area contributed by atoms with Gasteiger partial charge in [0.05, 0.1) is 14.2 Å². The van der Waals surface area contributed by atoms with Crippen molar-refractivity contribution in [3.05, 3.63) is 78.2 Å². The van der Waals surface area contributed by atoms with Gasteiger partial charge >= 0.3 is 0 Å². The minimum atomic E-state index is -0.280. The number of hydrogen-bond acceptors (Lipinski definition) is 6. The maximum Gasteiger partial charge on any atom is 0.262 e. The molecule has 0 atom stereocenters. The number of rotatable bonds is 8. The maximum absolute atomic E-state index is 12.2. The molecule has 0 aliphatic carbocycles. The number of hydrogen-bond donors (Lipinski definition) is 1. The fourth-order valence-corrected chi connectivity index (χ4v) is 3.05. The molecule has 0 aliphatic heterocycles. The number of carbonyl (C=O) groups excluding carboxylic acids is 1. The van der Waals surface area contributed by atoms with Crippen LogP contribution in [0.4, 0.5) is 5.69 Å². The van der Waals surface area contributed by atoms with E-state index in [1.165, 1.54) is 0 Å². The number of nitrogens with one attached hydrogen (secondary N) is 1. The van der Waals surface area contributed by atoms with Crippen LogP contribution in [-0.4, -0.2) is 31.7 Å². The van der Waals surface area contributed by atoms with Gasteiger partial charge in [-0.15, -0.1) is 0 Å². The summed E-state index contributed by atoms with van der Waals surface area (Å²) in [5.41, 5.74) is 3.08. The average Bonchev–Trinajstić information content (AvgIpc) is 3.25. The standard InChI is InChI=1S/C25H22N2O5/c1-29-19-11-9-18(10-12-19)26-24(28)16-31-22-13-7-17(15-23(22)30-2)8-14-25-27-20-5-3-4-6-21(20)32-25/h3-15H,16H2,1-2H3,(H,26,28). The molecule has 0 bridgehead atoms. The van der Waals surface area contributed by atoms with Crippen LogP contribution in [0.25, 0.3) is 23.3 Å². The maximum atomic E-state index is 12.2. The van der Waals surface area contributed by atoms with E-state index in [2.05, 4.69) is 10.3 Å². The first-order valence-corrected chi connectivity index (χ1v) is 9.93. The summed E-state index contributed by atoms with van der Waals surface area (Å²) < 4.78 is 21.9. The Morgan fingerprint density at radius 1 is 0.969 bits per heavy atom. The monoisotopic (exact) mass is 430 g/mol. The number of amides is 1. The van der Waals surface area contributed by atoms with Crippen molar-refractivity contribution < 1.29 is 23.4 Å². The zero-order valence-electron chi connectivity index (χ0n) is 17.7. The SMILES string of the molecule is COc1ccc(NC(=O)COc2ccc(C=Cc3nc4ccccc4o3)cc2OC)cc1. The van der Waals surface area contributed by atoms with Gasteiger partial charge in [0, 0.05) is 11.8 Å². The second-order valence-corrected chi connectivity index (χ2v) is 6.83. The van der Waals surface area contributed by atoms with Crippen LogP contribution in [0.2, 0.25) is 0 Å². The molecule has 162 valence electrons. The fraction of sp³-hybridized carbons (Fsp3) is 0.120. The highest BCUT2D eigenvalue weighted by atomic mass is 16.5. The van der Waals surface area contributed by atoms with Crippen molar-refractivity contribution in [1.29, 1.82) is 0 Å². The Labute approximate surface area is 185 Å². The van der Waals surface area contributed by atoms with Crippen LogP contribution in [0.5, 0.6) is 17.2 Å². The van der Waals surface area contributed by atoms with Crippen LogP contribution < -0.4 is 19.5 Å². The number of para-hydroxylation sites is 2. The second-order valence-electron chi connectivity index (χ2n) is 6.83. The van der Waals surface area contributed by atoms with Gasteiger partial charge in [-0.2, -0.15) is 0 Å². The van der Waals surface area contributed by atoms with Gasteiger partial charge in [0.15, 0.2) is 23.7 Å². The smallest absolute Gasteiger partial charge is 0.262 e. The molecule has 0 aliphatic rings. The normalized spacial score (nSPS) is 10.9. The molecule has 1 heterocycles. The molecule has 1 N–H and O–H groups in total. The largest absolute Gasteiger partial charge is 0.497 e. The quantitative estimate of drug-likeness (QED) is 0.422. The number of anilines is 1. The lowest BCUT2D eigenvalue weighted by atomic mass is 10.2. The van der Waals surface area contributed by atoms with Gasteiger partial charge in [-0.25, -0.2) is 4.98 Å². The van der Waals surface area contributed by atoms with Gasteiger partial charge in [-0.1, -0.05) is 18.2 Å². The van der Waals surface area contributed by atoms with Crippen LogP contribution >= 0.6 is 0 Å². The van der Waals surface area contributed by atoms with E-state index in [4.69, 9.17) is 18.6 Å². The summed E-state index contributed by atoms with van der Waals surface area (Å²) in [6, 6.07) is 20.1. The second kappa shape index (κ2) is 9.70. The third-order valence-electron chi connectivity index (χ3n) is 4.65. The van der Waals surface area contributed by atoms with Crippen molar-refractivity contribution in [2.75, 3.05) is 26.1 Å². The first-order valence-electron chi connectivity index (χ1n) is 9.93. The lowest BCUT2D eigenvalue weighted by molar-refractivity contribution is -0.118. The fourth-order valence-electron chi connectivity index (χ4n) is 3.05. The van der Waals surface area contributed by atoms with Crippen LogP contribution in [0.3, 0.4) is 0 Å². The molecule has 0 fully saturated rings. The van der Waals surface area contributed by atoms with Crippen molar-refractivity contribution in [3.63, 3.8) is 0 Å². The number of carbonyl (C=O) groups is 1. The van der Waals surface area contributed by atoms with E-state index in [1.54, 1.807) is 50.6 Å². The molecule has 4 rings (SSSR count). The number of oxazole rings is 1. The van der Waals surface area contributed by atoms with Crippen LogP contribution in [0.15, 0.2) is 71.1 Å². The third kappa shape index (κ3) is 5.07. The van der Waals surface area contributed by atoms with E-state index in [1.807, 2.05) is 42.5 Å². The first kappa shape index (κ1) is 21.0. The van der Waals surface area contributed by atoms with E-state index in [0.717, 1.165) is 16.7 Å². The number of benzene rings is 3. The molecule has 0 spiro atoms. The van der Waals surface area contributed by atoms with Gasteiger partial charge in [-0.3, -0.25) is 4.79 Å². The van der Waals surface area contributed by atoms with Crippen molar-refractivity contribution >= 4 is 34.8 Å². The Bertz CT molecular complexity index is 1210. The van der Waals surface area contributed by atoms with Gasteiger partial charge < -0.3 is 23.9 Å². The molecule has 1 aromatic heterocycles. The Morgan fingerprint density at radius 2 is 1.78 bits per heavy atom. The number of nitrogens with zero attached hydrogens (tertiary/aromatic N) is 1. The Morgan fingerprint density at radius 3 is 2.53 bits per heavy atom. The van der Waals surface area contributed by atoms with Gasteiger partial charge in [-0.05, 0) is 60.2 Å². The molecule has 0 radical (unpaired) electrons. The van der Waals surface area contributed by atoms with Gasteiger partial charge in [0.25, 0.3) is 5.91 Å². The summed E-state index contributed by atoms with van der Waals surface area (Å²) in [6.45, 7) is -0.152. The van der Waals surface area contributed by atoms with E-state index in [0.29, 0.717) is 28.8 Å². The highest BCUT2D eigenvalue weighted by Gasteiger charge is 2.09. The summed E-state index contributed by atoms with van der Waals surface area (Å²) in [4.78, 5) is 16.6. The topological polar surface area (TPSA) is 82.8 Å². The lowest BCUT2D eigenvalue weighted by Gasteiger charge is -2.11. The van der Waals surface area contributed by atoms with Crippen molar-refractivity contribution in [2.45, 2.75) is 0 Å². The van der Waals surface area contributed by atoms with E-state index in [-0.39, 0.29) is 12.5 Å². The summed E-state index contributed by atoms with van der Waals surface area (Å²) in [6.07, 6.45) is 3.66. The highest BCUT2D eigenvalue weighted by molar-refractivity contribution is 5.92. The van der Waals surface area contributed by atoms with E-state index >= 15 is 0 Å². The van der Waals surface area contributed by atoms with Crippen molar-refractivity contribution in [1.82, 2.24) is 4.98 Å². The molecule has 1 amide bonds. The summed E-state index contributed by atoms with van der Waals surface area (Å²) in [5.74, 6) is 1.94. The molecular weight excluding hydrogens is 408 g/mol. The first-order chi connectivity index (χ1) is 15.6. The Hall–Kier alpha value is -4.26. The van der Waals surface area contributed by atoms with Crippen LogP contribution in [0, 0.1) is 0 Å². The molecule has 0 unspecified atom stereocenters. The predicted molar refractivity (Wildman–Crippen MR) is 123 cm³/mol. The number of aromatic nitrogens is 1. The molecule has 0 saturated carbocycles. The number of methoxy groups -OCH3 is 2. The molecule has 4 aromatic rings. The van der Waals surface area contributed by atoms with Gasteiger partial charge in [0.1, 0.15) is 11.3 Å². The molecular formula is C25H22N2O5. The van der Waals surface area contributed by atoms with E-state index in [9.17, 15) is 4.79 Å². The zero-order valence-corrected chi connectivity index (χ0v) is 17.7. The Balaban J connectivity index is 1.38.